The van der Waals surface area contributed by atoms with E-state index in [1.165, 1.54) is 0 Å². The van der Waals surface area contributed by atoms with E-state index in [9.17, 15) is 4.79 Å². The molecule has 0 spiro atoms. The van der Waals surface area contributed by atoms with Crippen molar-refractivity contribution < 1.29 is 9.53 Å². The lowest BCUT2D eigenvalue weighted by atomic mass is 10.1. The molecule has 0 heterocycles. The SMILES string of the molecule is O=CCc1cccc(OCc2c(Cl)cccc2Cl)c1. The van der Waals surface area contributed by atoms with E-state index in [4.69, 9.17) is 27.9 Å². The number of benzene rings is 2. The average Bonchev–Trinajstić information content (AvgIpc) is 2.39. The Morgan fingerprint density at radius 2 is 1.74 bits per heavy atom. The largest absolute Gasteiger partial charge is 0.489 e. The Bertz CT molecular complexity index is 562. The van der Waals surface area contributed by atoms with E-state index in [-0.39, 0.29) is 0 Å². The fraction of sp³-hybridized carbons (Fsp3) is 0.133. The summed E-state index contributed by atoms with van der Waals surface area (Å²) in [7, 11) is 0. The summed E-state index contributed by atoms with van der Waals surface area (Å²) in [5.41, 5.74) is 1.67. The third-order valence-corrected chi connectivity index (χ3v) is 3.37. The van der Waals surface area contributed by atoms with Crippen molar-refractivity contribution in [2.45, 2.75) is 13.0 Å². The summed E-state index contributed by atoms with van der Waals surface area (Å²) >= 11 is 12.1. The second-order valence-corrected chi connectivity index (χ2v) is 4.82. The van der Waals surface area contributed by atoms with Gasteiger partial charge in [-0.1, -0.05) is 41.4 Å². The number of hydrogen-bond donors (Lipinski definition) is 0. The van der Waals surface area contributed by atoms with Crippen molar-refractivity contribution in [2.24, 2.45) is 0 Å². The van der Waals surface area contributed by atoms with Crippen LogP contribution in [0.2, 0.25) is 10.0 Å². The van der Waals surface area contributed by atoms with Gasteiger partial charge in [-0.25, -0.2) is 0 Å². The number of carbonyl (C=O) groups is 1. The zero-order valence-electron chi connectivity index (χ0n) is 10.1. The summed E-state index contributed by atoms with van der Waals surface area (Å²) in [6, 6.07) is 12.7. The summed E-state index contributed by atoms with van der Waals surface area (Å²) < 4.78 is 5.66. The van der Waals surface area contributed by atoms with Gasteiger partial charge in [-0.15, -0.1) is 0 Å². The van der Waals surface area contributed by atoms with E-state index < -0.39 is 0 Å². The molecule has 4 heteroatoms. The minimum atomic E-state index is 0.295. The second-order valence-electron chi connectivity index (χ2n) is 4.01. The van der Waals surface area contributed by atoms with Crippen LogP contribution < -0.4 is 4.74 Å². The van der Waals surface area contributed by atoms with Crippen LogP contribution in [-0.2, 0) is 17.8 Å². The number of halogens is 2. The Hall–Kier alpha value is -1.51. The summed E-state index contributed by atoms with van der Waals surface area (Å²) in [5, 5.41) is 1.16. The summed E-state index contributed by atoms with van der Waals surface area (Å²) in [5.74, 6) is 0.690. The van der Waals surface area contributed by atoms with E-state index >= 15 is 0 Å². The number of carbonyl (C=O) groups excluding carboxylic acids is 1. The lowest BCUT2D eigenvalue weighted by Crippen LogP contribution is -1.98. The van der Waals surface area contributed by atoms with E-state index in [1.54, 1.807) is 18.2 Å². The van der Waals surface area contributed by atoms with Crippen LogP contribution in [-0.4, -0.2) is 6.29 Å². The van der Waals surface area contributed by atoms with Gasteiger partial charge in [0.25, 0.3) is 0 Å². The highest BCUT2D eigenvalue weighted by Gasteiger charge is 2.06. The van der Waals surface area contributed by atoms with Crippen LogP contribution in [0.5, 0.6) is 5.75 Å². The molecule has 0 amide bonds. The maximum Gasteiger partial charge on any atom is 0.124 e. The van der Waals surface area contributed by atoms with Crippen LogP contribution in [0.3, 0.4) is 0 Å². The normalized spacial score (nSPS) is 10.2. The topological polar surface area (TPSA) is 26.3 Å². The molecule has 2 nitrogen and oxygen atoms in total. The van der Waals surface area contributed by atoms with Crippen LogP contribution in [0.4, 0.5) is 0 Å². The fourth-order valence-electron chi connectivity index (χ4n) is 1.68. The minimum absolute atomic E-state index is 0.295. The Balaban J connectivity index is 2.10. The number of rotatable bonds is 5. The second kappa shape index (κ2) is 6.60. The van der Waals surface area contributed by atoms with Crippen LogP contribution in [0.1, 0.15) is 11.1 Å². The average molecular weight is 295 g/mol. The number of hydrogen-bond acceptors (Lipinski definition) is 2. The van der Waals surface area contributed by atoms with Crippen molar-refractivity contribution >= 4 is 29.5 Å². The Morgan fingerprint density at radius 1 is 1.05 bits per heavy atom. The molecule has 0 atom stereocenters. The van der Waals surface area contributed by atoms with Gasteiger partial charge in [0, 0.05) is 22.0 Å². The highest BCUT2D eigenvalue weighted by Crippen LogP contribution is 2.26. The molecule has 0 aliphatic heterocycles. The molecule has 0 N–H and O–H groups in total. The monoisotopic (exact) mass is 294 g/mol. The molecule has 0 saturated carbocycles. The maximum absolute atomic E-state index is 10.5. The van der Waals surface area contributed by atoms with Crippen LogP contribution in [0, 0.1) is 0 Å². The van der Waals surface area contributed by atoms with Crippen molar-refractivity contribution in [2.75, 3.05) is 0 Å². The molecule has 0 aromatic heterocycles. The first kappa shape index (κ1) is 13.9. The summed E-state index contributed by atoms with van der Waals surface area (Å²) in [6.07, 6.45) is 1.24. The van der Waals surface area contributed by atoms with Gasteiger partial charge in [0.2, 0.25) is 0 Å². The Morgan fingerprint density at radius 3 is 2.42 bits per heavy atom. The quantitative estimate of drug-likeness (QED) is 0.768. The molecule has 19 heavy (non-hydrogen) atoms. The molecule has 2 aromatic carbocycles. The first-order valence-corrected chi connectivity index (χ1v) is 6.54. The van der Waals surface area contributed by atoms with Gasteiger partial charge in [-0.3, -0.25) is 0 Å². The third kappa shape index (κ3) is 3.72. The molecular weight excluding hydrogens is 283 g/mol. The predicted octanol–water partition coefficient (Wildman–Crippen LogP) is 4.31. The van der Waals surface area contributed by atoms with Crippen molar-refractivity contribution in [1.29, 1.82) is 0 Å². The fourth-order valence-corrected chi connectivity index (χ4v) is 2.19. The van der Waals surface area contributed by atoms with Crippen molar-refractivity contribution in [3.05, 3.63) is 63.6 Å². The lowest BCUT2D eigenvalue weighted by Gasteiger charge is -2.10. The molecule has 0 aliphatic rings. The highest BCUT2D eigenvalue weighted by atomic mass is 35.5. The standard InChI is InChI=1S/C15H12Cl2O2/c16-14-5-2-6-15(17)13(14)10-19-12-4-1-3-11(9-12)7-8-18/h1-6,8-9H,7,10H2. The van der Waals surface area contributed by atoms with E-state index in [0.29, 0.717) is 28.8 Å². The van der Waals surface area contributed by atoms with Crippen LogP contribution in [0.15, 0.2) is 42.5 Å². The van der Waals surface area contributed by atoms with E-state index in [1.807, 2.05) is 24.3 Å². The molecule has 0 bridgehead atoms. The van der Waals surface area contributed by atoms with Crippen molar-refractivity contribution in [3.8, 4) is 5.75 Å². The van der Waals surface area contributed by atoms with Gasteiger partial charge >= 0.3 is 0 Å². The van der Waals surface area contributed by atoms with Gasteiger partial charge in [-0.2, -0.15) is 0 Å². The van der Waals surface area contributed by atoms with Gasteiger partial charge in [0.15, 0.2) is 0 Å². The molecule has 2 aromatic rings. The van der Waals surface area contributed by atoms with E-state index in [2.05, 4.69) is 0 Å². The smallest absolute Gasteiger partial charge is 0.124 e. The lowest BCUT2D eigenvalue weighted by molar-refractivity contribution is -0.107. The first-order chi connectivity index (χ1) is 9.20. The zero-order valence-corrected chi connectivity index (χ0v) is 11.6. The Labute approximate surface area is 121 Å². The zero-order chi connectivity index (χ0) is 13.7. The summed E-state index contributed by atoms with van der Waals surface area (Å²) in [4.78, 5) is 10.5. The summed E-state index contributed by atoms with van der Waals surface area (Å²) in [6.45, 7) is 0.295. The number of aldehydes is 1. The molecule has 0 radical (unpaired) electrons. The highest BCUT2D eigenvalue weighted by molar-refractivity contribution is 6.35. The molecule has 98 valence electrons. The minimum Gasteiger partial charge on any atom is -0.489 e. The maximum atomic E-state index is 10.5. The van der Waals surface area contributed by atoms with Gasteiger partial charge in [0.05, 0.1) is 0 Å². The van der Waals surface area contributed by atoms with Crippen molar-refractivity contribution in [1.82, 2.24) is 0 Å². The van der Waals surface area contributed by atoms with Gasteiger partial charge in [-0.05, 0) is 29.8 Å². The number of ether oxygens (including phenoxy) is 1. The molecule has 0 unspecified atom stereocenters. The van der Waals surface area contributed by atoms with Crippen molar-refractivity contribution in [3.63, 3.8) is 0 Å². The third-order valence-electron chi connectivity index (χ3n) is 2.66. The van der Waals surface area contributed by atoms with Gasteiger partial charge < -0.3 is 9.53 Å². The van der Waals surface area contributed by atoms with Gasteiger partial charge in [0.1, 0.15) is 18.6 Å². The Kier molecular flexibility index (Phi) is 4.83. The van der Waals surface area contributed by atoms with E-state index in [0.717, 1.165) is 17.4 Å². The molecule has 0 saturated heterocycles. The van der Waals surface area contributed by atoms with Crippen LogP contribution >= 0.6 is 23.2 Å². The molecule has 0 aliphatic carbocycles. The molecular formula is C15H12Cl2O2. The predicted molar refractivity (Wildman–Crippen MR) is 77.0 cm³/mol. The molecule has 0 fully saturated rings. The van der Waals surface area contributed by atoms with Crippen LogP contribution in [0.25, 0.3) is 0 Å². The molecule has 2 rings (SSSR count). The first-order valence-electron chi connectivity index (χ1n) is 5.79.